The quantitative estimate of drug-likeness (QED) is 0.857. The van der Waals surface area contributed by atoms with Gasteiger partial charge in [0.25, 0.3) is 0 Å². The Kier molecular flexibility index (Phi) is 3.68. The van der Waals surface area contributed by atoms with E-state index in [1.165, 1.54) is 24.8 Å². The number of fused-ring (bicyclic) bond motifs is 3. The van der Waals surface area contributed by atoms with Crippen LogP contribution in [0.1, 0.15) is 50.1 Å². The van der Waals surface area contributed by atoms with Crippen LogP contribution in [0.3, 0.4) is 0 Å². The molecule has 1 saturated carbocycles. The highest BCUT2D eigenvalue weighted by atomic mass is 16.5. The van der Waals surface area contributed by atoms with E-state index in [1.54, 1.807) is 7.11 Å². The highest BCUT2D eigenvalue weighted by molar-refractivity contribution is 5.84. The minimum Gasteiger partial charge on any atom is -0.496 e. The largest absolute Gasteiger partial charge is 0.496 e. The second-order valence-corrected chi connectivity index (χ2v) is 6.63. The average Bonchev–Trinajstić information content (AvgIpc) is 3.18. The van der Waals surface area contributed by atoms with Gasteiger partial charge in [0.15, 0.2) is 0 Å². The zero-order valence-corrected chi connectivity index (χ0v) is 13.5. The molecule has 0 amide bonds. The van der Waals surface area contributed by atoms with Crippen molar-refractivity contribution in [3.63, 3.8) is 0 Å². The van der Waals surface area contributed by atoms with E-state index in [0.717, 1.165) is 29.8 Å². The smallest absolute Gasteiger partial charge is 0.138 e. The van der Waals surface area contributed by atoms with Gasteiger partial charge in [-0.3, -0.25) is 4.79 Å². The SMILES string of the molecule is COc1cccc2c1-c1cncn1[C@@H]2CC(=O)C1CCCCC1. The second kappa shape index (κ2) is 5.84. The first-order valence-electron chi connectivity index (χ1n) is 8.51. The number of carbonyl (C=O) groups is 1. The molecule has 2 aliphatic rings. The minimum atomic E-state index is 0.0621. The van der Waals surface area contributed by atoms with Crippen molar-refractivity contribution in [3.05, 3.63) is 36.3 Å². The third-order valence-corrected chi connectivity index (χ3v) is 5.35. The van der Waals surface area contributed by atoms with E-state index in [9.17, 15) is 4.79 Å². The van der Waals surface area contributed by atoms with Gasteiger partial charge >= 0.3 is 0 Å². The molecule has 4 heteroatoms. The van der Waals surface area contributed by atoms with Crippen LogP contribution < -0.4 is 4.74 Å². The van der Waals surface area contributed by atoms with Crippen LogP contribution in [0.25, 0.3) is 11.3 Å². The summed E-state index contributed by atoms with van der Waals surface area (Å²) in [5.41, 5.74) is 3.33. The highest BCUT2D eigenvalue weighted by Gasteiger charge is 2.34. The predicted octanol–water partition coefficient (Wildman–Crippen LogP) is 4.00. The van der Waals surface area contributed by atoms with Crippen molar-refractivity contribution in [2.45, 2.75) is 44.6 Å². The van der Waals surface area contributed by atoms with Crippen LogP contribution in [0.15, 0.2) is 30.7 Å². The van der Waals surface area contributed by atoms with Crippen molar-refractivity contribution in [3.8, 4) is 17.0 Å². The lowest BCUT2D eigenvalue weighted by molar-refractivity contribution is -0.124. The number of carbonyl (C=O) groups excluding carboxylic acids is 1. The molecule has 0 spiro atoms. The molecule has 1 fully saturated rings. The number of aromatic nitrogens is 2. The van der Waals surface area contributed by atoms with Gasteiger partial charge in [0.2, 0.25) is 0 Å². The molecular weight excluding hydrogens is 288 g/mol. The van der Waals surface area contributed by atoms with E-state index in [4.69, 9.17) is 4.74 Å². The second-order valence-electron chi connectivity index (χ2n) is 6.63. The van der Waals surface area contributed by atoms with E-state index in [0.29, 0.717) is 12.2 Å². The molecule has 1 aromatic heterocycles. The zero-order valence-electron chi connectivity index (χ0n) is 13.5. The van der Waals surface area contributed by atoms with Gasteiger partial charge in [-0.05, 0) is 24.5 Å². The van der Waals surface area contributed by atoms with Crippen LogP contribution in [-0.4, -0.2) is 22.4 Å². The maximum atomic E-state index is 12.8. The molecule has 120 valence electrons. The lowest BCUT2D eigenvalue weighted by atomic mass is 9.83. The maximum absolute atomic E-state index is 12.8. The summed E-state index contributed by atoms with van der Waals surface area (Å²) in [6.45, 7) is 0. The van der Waals surface area contributed by atoms with Gasteiger partial charge in [-0.25, -0.2) is 4.98 Å². The number of ether oxygens (including phenoxy) is 1. The molecule has 0 radical (unpaired) electrons. The van der Waals surface area contributed by atoms with Crippen LogP contribution in [0.2, 0.25) is 0 Å². The normalized spacial score (nSPS) is 20.1. The first-order valence-corrected chi connectivity index (χ1v) is 8.51. The summed E-state index contributed by atoms with van der Waals surface area (Å²) in [5, 5.41) is 0. The third-order valence-electron chi connectivity index (χ3n) is 5.35. The summed E-state index contributed by atoms with van der Waals surface area (Å²) in [4.78, 5) is 17.1. The van der Waals surface area contributed by atoms with Crippen LogP contribution in [-0.2, 0) is 4.79 Å². The van der Waals surface area contributed by atoms with Gasteiger partial charge in [0.05, 0.1) is 31.4 Å². The molecular formula is C19H22N2O2. The summed E-state index contributed by atoms with van der Waals surface area (Å²) >= 11 is 0. The third kappa shape index (κ3) is 2.37. The Balaban J connectivity index is 1.67. The van der Waals surface area contributed by atoms with Crippen molar-refractivity contribution in [2.24, 2.45) is 5.92 Å². The van der Waals surface area contributed by atoms with Crippen LogP contribution in [0.4, 0.5) is 0 Å². The summed E-state index contributed by atoms with van der Waals surface area (Å²) < 4.78 is 7.66. The number of methoxy groups -OCH3 is 1. The van der Waals surface area contributed by atoms with Crippen molar-refractivity contribution in [1.29, 1.82) is 0 Å². The Morgan fingerprint density at radius 1 is 1.30 bits per heavy atom. The molecule has 0 unspecified atom stereocenters. The lowest BCUT2D eigenvalue weighted by Crippen LogP contribution is -2.21. The molecule has 2 aromatic rings. The van der Waals surface area contributed by atoms with Gasteiger partial charge in [-0.1, -0.05) is 31.4 Å². The summed E-state index contributed by atoms with van der Waals surface area (Å²) in [6, 6.07) is 6.16. The summed E-state index contributed by atoms with van der Waals surface area (Å²) in [6.07, 6.45) is 10.1. The van der Waals surface area contributed by atoms with Crippen LogP contribution in [0, 0.1) is 5.92 Å². The molecule has 4 rings (SSSR count). The van der Waals surface area contributed by atoms with Gasteiger partial charge in [0.1, 0.15) is 11.5 Å². The molecule has 23 heavy (non-hydrogen) atoms. The van der Waals surface area contributed by atoms with E-state index in [-0.39, 0.29) is 12.0 Å². The first kappa shape index (κ1) is 14.5. The summed E-state index contributed by atoms with van der Waals surface area (Å²) in [7, 11) is 1.69. The number of benzene rings is 1. The Morgan fingerprint density at radius 3 is 2.91 bits per heavy atom. The minimum absolute atomic E-state index is 0.0621. The van der Waals surface area contributed by atoms with Gasteiger partial charge in [-0.2, -0.15) is 0 Å². The zero-order chi connectivity index (χ0) is 15.8. The molecule has 2 heterocycles. The fourth-order valence-corrected chi connectivity index (χ4v) is 4.16. The standard InChI is InChI=1S/C19H22N2O2/c1-23-18-9-5-8-14-15(21-12-20-11-16(21)19(14)18)10-17(22)13-6-3-2-4-7-13/h5,8-9,11-13,15H,2-4,6-7,10H2,1H3/t15-/m1/s1. The number of ketones is 1. The number of imidazole rings is 1. The Bertz CT molecular complexity index is 729. The molecule has 4 nitrogen and oxygen atoms in total. The van der Waals surface area contributed by atoms with E-state index >= 15 is 0 Å². The van der Waals surface area contributed by atoms with Gasteiger partial charge in [-0.15, -0.1) is 0 Å². The maximum Gasteiger partial charge on any atom is 0.138 e. The molecule has 0 N–H and O–H groups in total. The van der Waals surface area contributed by atoms with Crippen LogP contribution >= 0.6 is 0 Å². The number of hydrogen-bond acceptors (Lipinski definition) is 3. The van der Waals surface area contributed by atoms with Crippen molar-refractivity contribution < 1.29 is 9.53 Å². The Labute approximate surface area is 136 Å². The van der Waals surface area contributed by atoms with E-state index in [2.05, 4.69) is 15.6 Å². The average molecular weight is 310 g/mol. The lowest BCUT2D eigenvalue weighted by Gasteiger charge is -2.22. The summed E-state index contributed by atoms with van der Waals surface area (Å²) in [5.74, 6) is 1.52. The molecule has 1 aromatic carbocycles. The van der Waals surface area contributed by atoms with Gasteiger partial charge in [0, 0.05) is 17.9 Å². The Morgan fingerprint density at radius 2 is 2.13 bits per heavy atom. The van der Waals surface area contributed by atoms with Gasteiger partial charge < -0.3 is 9.30 Å². The fraction of sp³-hybridized carbons (Fsp3) is 0.474. The first-order chi connectivity index (χ1) is 11.3. The molecule has 0 bridgehead atoms. The van der Waals surface area contributed by atoms with Crippen molar-refractivity contribution >= 4 is 5.78 Å². The highest BCUT2D eigenvalue weighted by Crippen LogP contribution is 2.46. The topological polar surface area (TPSA) is 44.1 Å². The van der Waals surface area contributed by atoms with Crippen molar-refractivity contribution in [1.82, 2.24) is 9.55 Å². The molecule has 1 aliphatic carbocycles. The van der Waals surface area contributed by atoms with Crippen LogP contribution in [0.5, 0.6) is 5.75 Å². The predicted molar refractivity (Wildman–Crippen MR) is 88.6 cm³/mol. The van der Waals surface area contributed by atoms with E-state index < -0.39 is 0 Å². The van der Waals surface area contributed by atoms with Crippen molar-refractivity contribution in [2.75, 3.05) is 7.11 Å². The molecule has 1 atom stereocenters. The number of Topliss-reactive ketones (excluding diaryl/α,β-unsaturated/α-hetero) is 1. The number of rotatable bonds is 4. The molecule has 1 aliphatic heterocycles. The molecule has 0 saturated heterocycles. The number of hydrogen-bond donors (Lipinski definition) is 0. The fourth-order valence-electron chi connectivity index (χ4n) is 4.16. The monoisotopic (exact) mass is 310 g/mol. The van der Waals surface area contributed by atoms with E-state index in [1.807, 2.05) is 24.7 Å². The Hall–Kier alpha value is -2.10. The number of nitrogens with zero attached hydrogens (tertiary/aromatic N) is 2.